The smallest absolute Gasteiger partial charge is 0.264 e. The third-order valence-corrected chi connectivity index (χ3v) is 5.15. The number of amides is 1. The summed E-state index contributed by atoms with van der Waals surface area (Å²) in [5, 5.41) is 12.1. The molecule has 6 nitrogen and oxygen atoms in total. The molecule has 0 aromatic heterocycles. The molecule has 0 aliphatic carbocycles. The summed E-state index contributed by atoms with van der Waals surface area (Å²) in [6, 6.07) is 10.4. The molecule has 9 heteroatoms. The fraction of sp³-hybridized carbons (Fsp3) is 0.105. The van der Waals surface area contributed by atoms with Crippen molar-refractivity contribution in [1.82, 2.24) is 5.32 Å². The predicted octanol–water partition coefficient (Wildman–Crippen LogP) is 4.60. The van der Waals surface area contributed by atoms with Gasteiger partial charge in [-0.25, -0.2) is 0 Å². The SMILES string of the molecule is COc1ccc(/C=N\N=C2/NC(=O)/C(=C\c3ccc(Cl)cc3Cl)S2)c(OC)c1. The zero-order valence-electron chi connectivity index (χ0n) is 14.9. The molecule has 28 heavy (non-hydrogen) atoms. The summed E-state index contributed by atoms with van der Waals surface area (Å²) >= 11 is 13.2. The number of halogens is 2. The van der Waals surface area contributed by atoms with Crippen molar-refractivity contribution in [3.05, 3.63) is 62.5 Å². The first kappa shape index (κ1) is 20.3. The number of nitrogens with one attached hydrogen (secondary N) is 1. The first-order chi connectivity index (χ1) is 13.5. The van der Waals surface area contributed by atoms with Crippen LogP contribution >= 0.6 is 35.0 Å². The number of amidine groups is 1. The number of rotatable bonds is 5. The van der Waals surface area contributed by atoms with Gasteiger partial charge < -0.3 is 9.47 Å². The molecule has 0 unspecified atom stereocenters. The van der Waals surface area contributed by atoms with Crippen LogP contribution in [0.5, 0.6) is 11.5 Å². The summed E-state index contributed by atoms with van der Waals surface area (Å²) in [4.78, 5) is 12.6. The van der Waals surface area contributed by atoms with E-state index in [1.165, 1.54) is 18.0 Å². The average molecular weight is 436 g/mol. The number of thioether (sulfide) groups is 1. The van der Waals surface area contributed by atoms with Gasteiger partial charge in [0.25, 0.3) is 5.91 Å². The minimum absolute atomic E-state index is 0.271. The number of carbonyl (C=O) groups is 1. The Bertz CT molecular complexity index is 1010. The fourth-order valence-electron chi connectivity index (χ4n) is 2.30. The highest BCUT2D eigenvalue weighted by molar-refractivity contribution is 8.18. The van der Waals surface area contributed by atoms with Crippen molar-refractivity contribution >= 4 is 58.3 Å². The molecule has 1 aliphatic rings. The lowest BCUT2D eigenvalue weighted by Gasteiger charge is -2.06. The predicted molar refractivity (Wildman–Crippen MR) is 115 cm³/mol. The van der Waals surface area contributed by atoms with Gasteiger partial charge in [0.2, 0.25) is 0 Å². The van der Waals surface area contributed by atoms with E-state index in [9.17, 15) is 4.79 Å². The number of nitrogens with zero attached hydrogens (tertiary/aromatic N) is 2. The zero-order valence-corrected chi connectivity index (χ0v) is 17.2. The van der Waals surface area contributed by atoms with Crippen LogP contribution in [0, 0.1) is 0 Å². The standard InChI is InChI=1S/C19H15Cl2N3O3S/c1-26-14-6-4-12(16(9-14)27-2)10-22-24-19-23-18(25)17(28-19)7-11-3-5-13(20)8-15(11)21/h3-10H,1-2H3,(H,23,24,25)/b17-7+,22-10-. The lowest BCUT2D eigenvalue weighted by molar-refractivity contribution is -0.115. The van der Waals surface area contributed by atoms with Crippen molar-refractivity contribution in [1.29, 1.82) is 0 Å². The molecule has 2 aromatic carbocycles. The molecule has 0 saturated carbocycles. The Kier molecular flexibility index (Phi) is 6.61. The van der Waals surface area contributed by atoms with E-state index in [1.54, 1.807) is 56.7 Å². The topological polar surface area (TPSA) is 72.3 Å². The molecule has 0 bridgehead atoms. The third kappa shape index (κ3) is 4.86. The Labute approximate surface area is 176 Å². The van der Waals surface area contributed by atoms with Crippen molar-refractivity contribution in [2.45, 2.75) is 0 Å². The van der Waals surface area contributed by atoms with Crippen molar-refractivity contribution in [3.8, 4) is 11.5 Å². The van der Waals surface area contributed by atoms with Crippen molar-refractivity contribution in [2.75, 3.05) is 14.2 Å². The molecule has 0 atom stereocenters. The largest absolute Gasteiger partial charge is 0.497 e. The second-order valence-electron chi connectivity index (χ2n) is 5.49. The maximum Gasteiger partial charge on any atom is 0.264 e. The van der Waals surface area contributed by atoms with Gasteiger partial charge >= 0.3 is 0 Å². The zero-order chi connectivity index (χ0) is 20.1. The van der Waals surface area contributed by atoms with Gasteiger partial charge in [-0.15, -0.1) is 5.10 Å². The highest BCUT2D eigenvalue weighted by atomic mass is 35.5. The van der Waals surface area contributed by atoms with Crippen molar-refractivity contribution in [2.24, 2.45) is 10.2 Å². The van der Waals surface area contributed by atoms with E-state index in [4.69, 9.17) is 32.7 Å². The molecule has 144 valence electrons. The summed E-state index contributed by atoms with van der Waals surface area (Å²) in [5.41, 5.74) is 1.42. The molecule has 1 fully saturated rings. The van der Waals surface area contributed by atoms with Gasteiger partial charge in [0.05, 0.1) is 25.3 Å². The van der Waals surface area contributed by atoms with Crippen LogP contribution in [-0.4, -0.2) is 31.5 Å². The van der Waals surface area contributed by atoms with Crippen LogP contribution in [0.1, 0.15) is 11.1 Å². The molecule has 3 rings (SSSR count). The monoisotopic (exact) mass is 435 g/mol. The van der Waals surface area contributed by atoms with Gasteiger partial charge in [-0.2, -0.15) is 5.10 Å². The number of carbonyl (C=O) groups excluding carboxylic acids is 1. The first-order valence-electron chi connectivity index (χ1n) is 7.99. The van der Waals surface area contributed by atoms with Crippen LogP contribution in [0.3, 0.4) is 0 Å². The number of methoxy groups -OCH3 is 2. The lowest BCUT2D eigenvalue weighted by Crippen LogP contribution is -2.19. The molecule has 0 radical (unpaired) electrons. The summed E-state index contributed by atoms with van der Waals surface area (Å²) in [6.45, 7) is 0. The Morgan fingerprint density at radius 3 is 2.57 bits per heavy atom. The Balaban J connectivity index is 1.75. The second kappa shape index (κ2) is 9.14. The van der Waals surface area contributed by atoms with Crippen LogP contribution < -0.4 is 14.8 Å². The second-order valence-corrected chi connectivity index (χ2v) is 7.36. The Hall–Kier alpha value is -2.48. The molecule has 1 aliphatic heterocycles. The normalized spacial score (nSPS) is 16.8. The maximum absolute atomic E-state index is 12.1. The van der Waals surface area contributed by atoms with Gasteiger partial charge in [-0.3, -0.25) is 10.1 Å². The van der Waals surface area contributed by atoms with E-state index in [-0.39, 0.29) is 5.91 Å². The number of benzene rings is 2. The highest BCUT2D eigenvalue weighted by Crippen LogP contribution is 2.30. The number of hydrogen-bond acceptors (Lipinski definition) is 6. The Morgan fingerprint density at radius 2 is 1.86 bits per heavy atom. The minimum atomic E-state index is -0.271. The first-order valence-corrected chi connectivity index (χ1v) is 9.56. The third-order valence-electron chi connectivity index (χ3n) is 3.69. The van der Waals surface area contributed by atoms with Crippen LogP contribution in [0.2, 0.25) is 10.0 Å². The lowest BCUT2D eigenvalue weighted by atomic mass is 10.2. The van der Waals surface area contributed by atoms with Gasteiger partial charge in [0, 0.05) is 21.7 Å². The average Bonchev–Trinajstić information content (AvgIpc) is 3.03. The van der Waals surface area contributed by atoms with E-state index in [2.05, 4.69) is 15.5 Å². The fourth-order valence-corrected chi connectivity index (χ4v) is 3.54. The van der Waals surface area contributed by atoms with E-state index in [0.717, 1.165) is 5.56 Å². The molecule has 1 heterocycles. The van der Waals surface area contributed by atoms with Gasteiger partial charge in [-0.1, -0.05) is 29.3 Å². The molecular formula is C19H15Cl2N3O3S. The minimum Gasteiger partial charge on any atom is -0.497 e. The van der Waals surface area contributed by atoms with Crippen molar-refractivity contribution < 1.29 is 14.3 Å². The van der Waals surface area contributed by atoms with E-state index >= 15 is 0 Å². The summed E-state index contributed by atoms with van der Waals surface area (Å²) < 4.78 is 10.5. The maximum atomic E-state index is 12.1. The van der Waals surface area contributed by atoms with E-state index in [1.807, 2.05) is 0 Å². The van der Waals surface area contributed by atoms with Crippen LogP contribution in [0.25, 0.3) is 6.08 Å². The summed E-state index contributed by atoms with van der Waals surface area (Å²) in [6.07, 6.45) is 3.22. The van der Waals surface area contributed by atoms with E-state index in [0.29, 0.717) is 37.2 Å². The van der Waals surface area contributed by atoms with Crippen LogP contribution in [0.15, 0.2) is 51.5 Å². The molecule has 1 amide bonds. The molecule has 0 spiro atoms. The van der Waals surface area contributed by atoms with Crippen LogP contribution in [-0.2, 0) is 4.79 Å². The summed E-state index contributed by atoms with van der Waals surface area (Å²) in [5.74, 6) is 1.01. The quantitative estimate of drug-likeness (QED) is 0.422. The molecule has 1 N–H and O–H groups in total. The number of hydrogen-bond donors (Lipinski definition) is 1. The van der Waals surface area contributed by atoms with Gasteiger partial charge in [0.15, 0.2) is 5.17 Å². The van der Waals surface area contributed by atoms with Crippen molar-refractivity contribution in [3.63, 3.8) is 0 Å². The summed E-state index contributed by atoms with van der Waals surface area (Å²) in [7, 11) is 3.14. The molecule has 2 aromatic rings. The molecular weight excluding hydrogens is 421 g/mol. The highest BCUT2D eigenvalue weighted by Gasteiger charge is 2.24. The molecule has 1 saturated heterocycles. The van der Waals surface area contributed by atoms with E-state index < -0.39 is 0 Å². The number of ether oxygens (including phenoxy) is 2. The van der Waals surface area contributed by atoms with Gasteiger partial charge in [-0.05, 0) is 47.7 Å². The van der Waals surface area contributed by atoms with Gasteiger partial charge in [0.1, 0.15) is 11.5 Å². The Morgan fingerprint density at radius 1 is 1.07 bits per heavy atom. The van der Waals surface area contributed by atoms with Crippen LogP contribution in [0.4, 0.5) is 0 Å².